The molecule has 3 rings (SSSR count). The fourth-order valence-corrected chi connectivity index (χ4v) is 2.90. The molecule has 90 valence electrons. The molecular weight excluding hydrogens is 357 g/mol. The number of pyridine rings is 1. The summed E-state index contributed by atoms with van der Waals surface area (Å²) in [6, 6.07) is 10.1. The first-order valence-corrected chi connectivity index (χ1v) is 6.98. The third-order valence-electron chi connectivity index (χ3n) is 2.88. The minimum Gasteiger partial charge on any atom is -0.329 e. The first-order valence-electron chi connectivity index (χ1n) is 5.50. The summed E-state index contributed by atoms with van der Waals surface area (Å²) in [6.07, 6.45) is 1.81. The van der Waals surface area contributed by atoms with Crippen molar-refractivity contribution in [2.24, 2.45) is 0 Å². The van der Waals surface area contributed by atoms with E-state index in [0.29, 0.717) is 4.77 Å². The molecule has 0 saturated carbocycles. The number of aromatic nitrogens is 3. The van der Waals surface area contributed by atoms with E-state index >= 15 is 0 Å². The van der Waals surface area contributed by atoms with Gasteiger partial charge in [0.1, 0.15) is 0 Å². The Labute approximate surface area is 123 Å². The van der Waals surface area contributed by atoms with E-state index in [9.17, 15) is 0 Å². The van der Waals surface area contributed by atoms with Gasteiger partial charge in [0.15, 0.2) is 10.4 Å². The van der Waals surface area contributed by atoms with Crippen LogP contribution in [0.3, 0.4) is 0 Å². The molecule has 1 N–H and O–H groups in total. The first kappa shape index (κ1) is 11.9. The van der Waals surface area contributed by atoms with Gasteiger partial charge in [0.05, 0.1) is 11.2 Å². The number of hydrogen-bond donors (Lipinski definition) is 1. The minimum atomic E-state index is 0.677. The summed E-state index contributed by atoms with van der Waals surface area (Å²) in [7, 11) is 0. The molecule has 2 aromatic heterocycles. The lowest BCUT2D eigenvalue weighted by Crippen LogP contribution is -1.98. The maximum absolute atomic E-state index is 5.42. The number of para-hydroxylation sites is 1. The molecule has 0 atom stereocenters. The van der Waals surface area contributed by atoms with Crippen LogP contribution in [0.1, 0.15) is 5.56 Å². The van der Waals surface area contributed by atoms with Crippen molar-refractivity contribution in [1.82, 2.24) is 14.5 Å². The van der Waals surface area contributed by atoms with E-state index in [1.54, 1.807) is 0 Å². The summed E-state index contributed by atoms with van der Waals surface area (Å²) in [4.78, 5) is 7.68. The van der Waals surface area contributed by atoms with Gasteiger partial charge in [-0.25, -0.2) is 4.98 Å². The SMILES string of the molecule is Cc1ccnc2c1[nH]c(=S)n2-c1ccccc1I. The molecule has 18 heavy (non-hydrogen) atoms. The Morgan fingerprint density at radius 1 is 1.28 bits per heavy atom. The third-order valence-corrected chi connectivity index (χ3v) is 4.08. The summed E-state index contributed by atoms with van der Waals surface area (Å²) < 4.78 is 3.81. The van der Waals surface area contributed by atoms with Crippen molar-refractivity contribution >= 4 is 46.0 Å². The molecule has 0 aliphatic rings. The zero-order valence-electron chi connectivity index (χ0n) is 9.64. The Bertz CT molecular complexity index is 788. The largest absolute Gasteiger partial charge is 0.329 e. The van der Waals surface area contributed by atoms with Gasteiger partial charge in [0, 0.05) is 9.77 Å². The van der Waals surface area contributed by atoms with E-state index in [1.165, 1.54) is 0 Å². The van der Waals surface area contributed by atoms with Gasteiger partial charge in [-0.2, -0.15) is 0 Å². The number of fused-ring (bicyclic) bond motifs is 1. The Hall–Kier alpha value is -1.21. The van der Waals surface area contributed by atoms with Gasteiger partial charge in [-0.05, 0) is 65.5 Å². The second kappa shape index (κ2) is 4.47. The zero-order valence-corrected chi connectivity index (χ0v) is 12.6. The maximum atomic E-state index is 5.42. The molecule has 0 radical (unpaired) electrons. The predicted octanol–water partition coefficient (Wildman–Crippen LogP) is 4.00. The van der Waals surface area contributed by atoms with Gasteiger partial charge in [-0.3, -0.25) is 4.57 Å². The van der Waals surface area contributed by atoms with Crippen LogP contribution in [0.25, 0.3) is 16.9 Å². The normalized spacial score (nSPS) is 11.0. The highest BCUT2D eigenvalue weighted by molar-refractivity contribution is 14.1. The van der Waals surface area contributed by atoms with E-state index in [2.05, 4.69) is 51.6 Å². The molecule has 0 unspecified atom stereocenters. The lowest BCUT2D eigenvalue weighted by Gasteiger charge is -2.06. The van der Waals surface area contributed by atoms with Crippen molar-refractivity contribution in [2.45, 2.75) is 6.92 Å². The molecule has 2 heterocycles. The molecule has 3 nitrogen and oxygen atoms in total. The van der Waals surface area contributed by atoms with Crippen LogP contribution in [0.15, 0.2) is 36.5 Å². The van der Waals surface area contributed by atoms with Crippen molar-refractivity contribution in [3.63, 3.8) is 0 Å². The van der Waals surface area contributed by atoms with Crippen LogP contribution >= 0.6 is 34.8 Å². The van der Waals surface area contributed by atoms with Crippen LogP contribution in [0, 0.1) is 15.3 Å². The van der Waals surface area contributed by atoms with Gasteiger partial charge in [-0.15, -0.1) is 0 Å². The number of H-pyrrole nitrogens is 1. The predicted molar refractivity (Wildman–Crippen MR) is 83.7 cm³/mol. The van der Waals surface area contributed by atoms with E-state index in [1.807, 2.05) is 29.0 Å². The van der Waals surface area contributed by atoms with Crippen LogP contribution in [0.5, 0.6) is 0 Å². The fourth-order valence-electron chi connectivity index (χ4n) is 1.98. The molecule has 3 aromatic rings. The van der Waals surface area contributed by atoms with Gasteiger partial charge in [0.2, 0.25) is 0 Å². The average molecular weight is 367 g/mol. The van der Waals surface area contributed by atoms with Gasteiger partial charge < -0.3 is 4.98 Å². The van der Waals surface area contributed by atoms with Crippen LogP contribution < -0.4 is 0 Å². The van der Waals surface area contributed by atoms with Crippen molar-refractivity contribution in [1.29, 1.82) is 0 Å². The number of nitrogens with zero attached hydrogens (tertiary/aromatic N) is 2. The lowest BCUT2D eigenvalue weighted by atomic mass is 10.2. The quantitative estimate of drug-likeness (QED) is 0.521. The van der Waals surface area contributed by atoms with Crippen molar-refractivity contribution < 1.29 is 0 Å². The standard InChI is InChI=1S/C13H10IN3S/c1-8-6-7-15-12-11(8)16-13(18)17(12)10-5-3-2-4-9(10)14/h2-7H,1H3,(H,16,18). The topological polar surface area (TPSA) is 33.6 Å². The zero-order chi connectivity index (χ0) is 12.7. The number of rotatable bonds is 1. The molecule has 0 amide bonds. The van der Waals surface area contributed by atoms with Crippen molar-refractivity contribution in [3.05, 3.63) is 50.4 Å². The smallest absolute Gasteiger partial charge is 0.184 e. The number of imidazole rings is 1. The highest BCUT2D eigenvalue weighted by Crippen LogP contribution is 2.23. The summed E-state index contributed by atoms with van der Waals surface area (Å²) in [6.45, 7) is 2.05. The maximum Gasteiger partial charge on any atom is 0.184 e. The molecule has 0 fully saturated rings. The van der Waals surface area contributed by atoms with E-state index in [-0.39, 0.29) is 0 Å². The Kier molecular flexibility index (Phi) is 2.95. The van der Waals surface area contributed by atoms with Gasteiger partial charge >= 0.3 is 0 Å². The van der Waals surface area contributed by atoms with Gasteiger partial charge in [0.25, 0.3) is 0 Å². The third kappa shape index (κ3) is 1.78. The molecule has 0 aliphatic carbocycles. The number of hydrogen-bond acceptors (Lipinski definition) is 2. The Morgan fingerprint density at radius 2 is 2.06 bits per heavy atom. The number of aryl methyl sites for hydroxylation is 1. The summed E-state index contributed by atoms with van der Waals surface area (Å²) in [5, 5.41) is 0. The lowest BCUT2D eigenvalue weighted by molar-refractivity contribution is 1.04. The molecule has 0 spiro atoms. The monoisotopic (exact) mass is 367 g/mol. The molecule has 0 bridgehead atoms. The second-order valence-corrected chi connectivity index (χ2v) is 5.59. The van der Waals surface area contributed by atoms with E-state index in [0.717, 1.165) is 26.0 Å². The number of aromatic amines is 1. The highest BCUT2D eigenvalue weighted by atomic mass is 127. The number of halogens is 1. The molecule has 0 aliphatic heterocycles. The minimum absolute atomic E-state index is 0.677. The Morgan fingerprint density at radius 3 is 2.83 bits per heavy atom. The number of benzene rings is 1. The van der Waals surface area contributed by atoms with Crippen molar-refractivity contribution in [2.75, 3.05) is 0 Å². The van der Waals surface area contributed by atoms with Crippen molar-refractivity contribution in [3.8, 4) is 5.69 Å². The molecule has 0 saturated heterocycles. The van der Waals surface area contributed by atoms with E-state index < -0.39 is 0 Å². The summed E-state index contributed by atoms with van der Waals surface area (Å²) in [5.41, 5.74) is 4.09. The van der Waals surface area contributed by atoms with Gasteiger partial charge in [-0.1, -0.05) is 12.1 Å². The summed E-state index contributed by atoms with van der Waals surface area (Å²) in [5.74, 6) is 0. The first-order chi connectivity index (χ1) is 8.68. The second-order valence-electron chi connectivity index (χ2n) is 4.04. The molecule has 5 heteroatoms. The highest BCUT2D eigenvalue weighted by Gasteiger charge is 2.10. The Balaban J connectivity index is 2.44. The summed E-state index contributed by atoms with van der Waals surface area (Å²) >= 11 is 7.73. The van der Waals surface area contributed by atoms with Crippen LogP contribution in [0.4, 0.5) is 0 Å². The fraction of sp³-hybridized carbons (Fsp3) is 0.0769. The average Bonchev–Trinajstić information content (AvgIpc) is 2.68. The van der Waals surface area contributed by atoms with E-state index in [4.69, 9.17) is 12.2 Å². The molecular formula is C13H10IN3S. The van der Waals surface area contributed by atoms with Crippen LogP contribution in [-0.4, -0.2) is 14.5 Å². The molecule has 1 aromatic carbocycles. The van der Waals surface area contributed by atoms with Crippen LogP contribution in [0.2, 0.25) is 0 Å². The number of nitrogens with one attached hydrogen (secondary N) is 1. The van der Waals surface area contributed by atoms with Crippen LogP contribution in [-0.2, 0) is 0 Å².